The molecule has 2 rings (SSSR count). The Balaban J connectivity index is 2.02. The number of anilines is 1. The summed E-state index contributed by atoms with van der Waals surface area (Å²) in [4.78, 5) is 24.2. The van der Waals surface area contributed by atoms with E-state index in [1.165, 1.54) is 14.2 Å². The first-order valence-electron chi connectivity index (χ1n) is 7.09. The van der Waals surface area contributed by atoms with Crippen molar-refractivity contribution in [1.82, 2.24) is 0 Å². The Bertz CT molecular complexity index is 774. The third kappa shape index (κ3) is 4.87. The third-order valence-corrected chi connectivity index (χ3v) is 4.40. The molecule has 2 aromatic rings. The van der Waals surface area contributed by atoms with Crippen LogP contribution in [0.3, 0.4) is 0 Å². The van der Waals surface area contributed by atoms with Crippen molar-refractivity contribution in [2.45, 2.75) is 0 Å². The number of halogens is 2. The summed E-state index contributed by atoms with van der Waals surface area (Å²) in [5.74, 6) is -0.632. The number of amides is 1. The van der Waals surface area contributed by atoms with Crippen LogP contribution in [0.25, 0.3) is 0 Å². The highest BCUT2D eigenvalue weighted by Crippen LogP contribution is 2.29. The van der Waals surface area contributed by atoms with E-state index in [4.69, 9.17) is 25.8 Å². The molecule has 0 aliphatic heterocycles. The molecule has 6 nitrogen and oxygen atoms in total. The molecule has 0 atom stereocenters. The zero-order valence-corrected chi connectivity index (χ0v) is 15.8. The van der Waals surface area contributed by atoms with Crippen molar-refractivity contribution >= 4 is 45.1 Å². The Labute approximate surface area is 158 Å². The maximum absolute atomic E-state index is 12.3. The molecule has 1 amide bonds. The molecule has 0 aromatic heterocycles. The van der Waals surface area contributed by atoms with Gasteiger partial charge in [0.25, 0.3) is 5.91 Å². The van der Waals surface area contributed by atoms with Gasteiger partial charge in [0.05, 0.1) is 19.2 Å². The number of hydrogen-bond donors (Lipinski definition) is 1. The lowest BCUT2D eigenvalue weighted by atomic mass is 10.2. The normalized spacial score (nSPS) is 10.1. The number of nitrogens with one attached hydrogen (secondary N) is 1. The summed E-state index contributed by atoms with van der Waals surface area (Å²) in [6.45, 7) is -0.465. The van der Waals surface area contributed by atoms with Crippen LogP contribution in [0.2, 0.25) is 5.02 Å². The van der Waals surface area contributed by atoms with Crippen LogP contribution in [0.15, 0.2) is 40.9 Å². The van der Waals surface area contributed by atoms with Crippen LogP contribution >= 0.6 is 27.5 Å². The highest BCUT2D eigenvalue weighted by molar-refractivity contribution is 9.10. The summed E-state index contributed by atoms with van der Waals surface area (Å²) in [6.07, 6.45) is 0. The minimum atomic E-state index is -0.724. The molecule has 0 saturated heterocycles. The zero-order chi connectivity index (χ0) is 18.4. The summed E-state index contributed by atoms with van der Waals surface area (Å²) in [5.41, 5.74) is 0.608. The highest BCUT2D eigenvalue weighted by Gasteiger charge is 2.20. The van der Waals surface area contributed by atoms with Gasteiger partial charge in [0.1, 0.15) is 17.1 Å². The quantitative estimate of drug-likeness (QED) is 0.706. The van der Waals surface area contributed by atoms with Gasteiger partial charge in [-0.25, -0.2) is 4.79 Å². The van der Waals surface area contributed by atoms with Gasteiger partial charge in [0, 0.05) is 10.2 Å². The monoisotopic (exact) mass is 427 g/mol. The van der Waals surface area contributed by atoms with Crippen molar-refractivity contribution < 1.29 is 23.8 Å². The Hall–Kier alpha value is -2.25. The van der Waals surface area contributed by atoms with Crippen LogP contribution in [0.4, 0.5) is 5.69 Å². The first-order valence-corrected chi connectivity index (χ1v) is 8.26. The SMILES string of the molecule is COc1cccc(OC)c1C(=O)OCC(=O)Nc1ccc(Br)c(Cl)c1. The van der Waals surface area contributed by atoms with Crippen LogP contribution in [0, 0.1) is 0 Å². The number of ether oxygens (including phenoxy) is 3. The summed E-state index contributed by atoms with van der Waals surface area (Å²) < 4.78 is 16.0. The van der Waals surface area contributed by atoms with E-state index in [9.17, 15) is 9.59 Å². The van der Waals surface area contributed by atoms with Gasteiger partial charge in [0.15, 0.2) is 6.61 Å². The maximum Gasteiger partial charge on any atom is 0.346 e. The molecule has 0 heterocycles. The molecule has 2 aromatic carbocycles. The van der Waals surface area contributed by atoms with Crippen LogP contribution in [-0.4, -0.2) is 32.7 Å². The van der Waals surface area contributed by atoms with Crippen molar-refractivity contribution in [2.75, 3.05) is 26.1 Å². The molecular formula is C17H15BrClNO5. The second kappa shape index (κ2) is 8.73. The van der Waals surface area contributed by atoms with Crippen molar-refractivity contribution in [2.24, 2.45) is 0 Å². The summed E-state index contributed by atoms with van der Waals surface area (Å²) >= 11 is 9.22. The predicted octanol–water partition coefficient (Wildman–Crippen LogP) is 3.92. The van der Waals surface area contributed by atoms with Crippen molar-refractivity contribution in [3.05, 3.63) is 51.5 Å². The molecule has 0 fully saturated rings. The second-order valence-electron chi connectivity index (χ2n) is 4.79. The van der Waals surface area contributed by atoms with Gasteiger partial charge >= 0.3 is 5.97 Å². The van der Waals surface area contributed by atoms with Crippen molar-refractivity contribution in [3.8, 4) is 11.5 Å². The highest BCUT2D eigenvalue weighted by atomic mass is 79.9. The van der Waals surface area contributed by atoms with E-state index in [0.29, 0.717) is 26.7 Å². The van der Waals surface area contributed by atoms with Crippen molar-refractivity contribution in [3.63, 3.8) is 0 Å². The number of carbonyl (C=O) groups excluding carboxylic acids is 2. The molecule has 132 valence electrons. The number of methoxy groups -OCH3 is 2. The van der Waals surface area contributed by atoms with Crippen LogP contribution in [0.1, 0.15) is 10.4 Å². The lowest BCUT2D eigenvalue weighted by molar-refractivity contribution is -0.119. The molecule has 25 heavy (non-hydrogen) atoms. The first kappa shape index (κ1) is 19.1. The van der Waals surface area contributed by atoms with Gasteiger partial charge in [-0.3, -0.25) is 4.79 Å². The predicted molar refractivity (Wildman–Crippen MR) is 97.6 cm³/mol. The molecular weight excluding hydrogens is 414 g/mol. The summed E-state index contributed by atoms with van der Waals surface area (Å²) in [7, 11) is 2.85. The Morgan fingerprint density at radius 3 is 2.32 bits per heavy atom. The number of benzene rings is 2. The Morgan fingerprint density at radius 1 is 1.12 bits per heavy atom. The molecule has 0 aliphatic rings. The minimum absolute atomic E-state index is 0.118. The molecule has 0 saturated carbocycles. The van der Waals surface area contributed by atoms with E-state index in [-0.39, 0.29) is 5.56 Å². The molecule has 8 heteroatoms. The number of rotatable bonds is 6. The van der Waals surface area contributed by atoms with E-state index in [1.54, 1.807) is 36.4 Å². The van der Waals surface area contributed by atoms with Crippen molar-refractivity contribution in [1.29, 1.82) is 0 Å². The topological polar surface area (TPSA) is 73.9 Å². The van der Waals surface area contributed by atoms with Gasteiger partial charge in [-0.05, 0) is 46.3 Å². The van der Waals surface area contributed by atoms with Gasteiger partial charge in [0.2, 0.25) is 0 Å². The standard InChI is InChI=1S/C17H15BrClNO5/c1-23-13-4-3-5-14(24-2)16(13)17(22)25-9-15(21)20-10-6-7-11(18)12(19)8-10/h3-8H,9H2,1-2H3,(H,20,21). The van der Waals surface area contributed by atoms with Gasteiger partial charge < -0.3 is 19.5 Å². The van der Waals surface area contributed by atoms with E-state index in [0.717, 1.165) is 0 Å². The Kier molecular flexibility index (Phi) is 6.66. The van der Waals surface area contributed by atoms with E-state index in [1.807, 2.05) is 0 Å². The molecule has 0 bridgehead atoms. The largest absolute Gasteiger partial charge is 0.496 e. The number of carbonyl (C=O) groups is 2. The van der Waals surface area contributed by atoms with Crippen LogP contribution in [-0.2, 0) is 9.53 Å². The van der Waals surface area contributed by atoms with Crippen LogP contribution in [0.5, 0.6) is 11.5 Å². The molecule has 0 aliphatic carbocycles. The van der Waals surface area contributed by atoms with E-state index >= 15 is 0 Å². The fourth-order valence-electron chi connectivity index (χ4n) is 2.03. The van der Waals surface area contributed by atoms with Gasteiger partial charge in [-0.2, -0.15) is 0 Å². The minimum Gasteiger partial charge on any atom is -0.496 e. The molecule has 0 spiro atoms. The lowest BCUT2D eigenvalue weighted by Crippen LogP contribution is -2.21. The van der Waals surface area contributed by atoms with E-state index < -0.39 is 18.5 Å². The Morgan fingerprint density at radius 2 is 1.76 bits per heavy atom. The van der Waals surface area contributed by atoms with Gasteiger partial charge in [-0.15, -0.1) is 0 Å². The first-order chi connectivity index (χ1) is 12.0. The summed E-state index contributed by atoms with van der Waals surface area (Å²) in [5, 5.41) is 3.04. The lowest BCUT2D eigenvalue weighted by Gasteiger charge is -2.12. The number of hydrogen-bond acceptors (Lipinski definition) is 5. The van der Waals surface area contributed by atoms with Gasteiger partial charge in [-0.1, -0.05) is 17.7 Å². The number of esters is 1. The average molecular weight is 429 g/mol. The maximum atomic E-state index is 12.3. The zero-order valence-electron chi connectivity index (χ0n) is 13.5. The average Bonchev–Trinajstić information content (AvgIpc) is 2.62. The van der Waals surface area contributed by atoms with E-state index in [2.05, 4.69) is 21.2 Å². The summed E-state index contributed by atoms with van der Waals surface area (Å²) in [6, 6.07) is 9.82. The second-order valence-corrected chi connectivity index (χ2v) is 6.05. The van der Waals surface area contributed by atoms with Crippen LogP contribution < -0.4 is 14.8 Å². The fourth-order valence-corrected chi connectivity index (χ4v) is 2.45. The smallest absolute Gasteiger partial charge is 0.346 e. The fraction of sp³-hybridized carbons (Fsp3) is 0.176. The molecule has 0 unspecified atom stereocenters. The third-order valence-electron chi connectivity index (χ3n) is 3.17. The molecule has 0 radical (unpaired) electrons. The molecule has 1 N–H and O–H groups in total.